The lowest BCUT2D eigenvalue weighted by molar-refractivity contribution is -0.152. The van der Waals surface area contributed by atoms with Gasteiger partial charge in [-0.05, 0) is 37.3 Å². The molecule has 1 aliphatic rings. The number of ether oxygens (including phenoxy) is 3. The normalized spacial score (nSPS) is 14.2. The molecule has 1 heterocycles. The molecule has 0 atom stereocenters. The lowest BCUT2D eigenvalue weighted by atomic mass is 10.1. The van der Waals surface area contributed by atoms with Gasteiger partial charge in [0.25, 0.3) is 5.91 Å². The molecule has 1 amide bonds. The maximum Gasteiger partial charge on any atom is 0.306 e. The van der Waals surface area contributed by atoms with E-state index in [1.54, 1.807) is 25.2 Å². The van der Waals surface area contributed by atoms with E-state index in [1.165, 1.54) is 0 Å². The van der Waals surface area contributed by atoms with Crippen LogP contribution in [0.25, 0.3) is 0 Å². The Morgan fingerprint density at radius 2 is 1.83 bits per heavy atom. The van der Waals surface area contributed by atoms with Gasteiger partial charge in [0.05, 0.1) is 14.2 Å². The van der Waals surface area contributed by atoms with Crippen LogP contribution in [0.1, 0.15) is 31.2 Å². The Kier molecular flexibility index (Phi) is 6.90. The summed E-state index contributed by atoms with van der Waals surface area (Å²) >= 11 is 0. The molecule has 1 aromatic carbocycles. The summed E-state index contributed by atoms with van der Waals surface area (Å²) in [5.41, 5.74) is 0.871. The highest BCUT2D eigenvalue weighted by atomic mass is 16.5. The number of methoxy groups -OCH3 is 2. The van der Waals surface area contributed by atoms with Gasteiger partial charge in [0.1, 0.15) is 0 Å². The first-order valence-corrected chi connectivity index (χ1v) is 8.29. The van der Waals surface area contributed by atoms with E-state index in [9.17, 15) is 9.59 Å². The topological polar surface area (TPSA) is 65.1 Å². The number of esters is 1. The molecule has 1 aliphatic heterocycles. The van der Waals surface area contributed by atoms with Crippen molar-refractivity contribution in [2.24, 2.45) is 0 Å². The van der Waals surface area contributed by atoms with E-state index in [4.69, 9.17) is 14.2 Å². The summed E-state index contributed by atoms with van der Waals surface area (Å²) in [5.74, 6) is 0.757. The van der Waals surface area contributed by atoms with E-state index in [-0.39, 0.29) is 24.9 Å². The van der Waals surface area contributed by atoms with Crippen molar-refractivity contribution >= 4 is 11.9 Å². The number of hydrogen-bond donors (Lipinski definition) is 0. The molecular weight excluding hydrogens is 310 g/mol. The van der Waals surface area contributed by atoms with Crippen LogP contribution in [0.5, 0.6) is 11.5 Å². The molecule has 0 radical (unpaired) electrons. The minimum Gasteiger partial charge on any atom is -0.493 e. The number of carbonyl (C=O) groups excluding carboxylic acids is 2. The number of para-hydroxylation sites is 1. The number of carbonyl (C=O) groups is 2. The van der Waals surface area contributed by atoms with Crippen molar-refractivity contribution in [3.8, 4) is 11.5 Å². The second kappa shape index (κ2) is 9.15. The zero-order valence-corrected chi connectivity index (χ0v) is 14.4. The highest BCUT2D eigenvalue weighted by Gasteiger charge is 2.18. The van der Waals surface area contributed by atoms with E-state index < -0.39 is 0 Å². The Labute approximate surface area is 142 Å². The van der Waals surface area contributed by atoms with Crippen LogP contribution in [0.4, 0.5) is 0 Å². The molecule has 2 rings (SSSR count). The molecule has 1 saturated heterocycles. The third kappa shape index (κ3) is 4.88. The van der Waals surface area contributed by atoms with Gasteiger partial charge in [0, 0.05) is 19.5 Å². The molecule has 0 N–H and O–H groups in total. The van der Waals surface area contributed by atoms with Crippen LogP contribution in [0.15, 0.2) is 18.2 Å². The fourth-order valence-electron chi connectivity index (χ4n) is 2.84. The summed E-state index contributed by atoms with van der Waals surface area (Å²) in [6.07, 6.45) is 3.87. The first-order valence-electron chi connectivity index (χ1n) is 8.29. The second-order valence-corrected chi connectivity index (χ2v) is 5.75. The van der Waals surface area contributed by atoms with Crippen molar-refractivity contribution < 1.29 is 23.8 Å². The van der Waals surface area contributed by atoms with Gasteiger partial charge in [-0.1, -0.05) is 12.1 Å². The Morgan fingerprint density at radius 1 is 1.08 bits per heavy atom. The smallest absolute Gasteiger partial charge is 0.306 e. The second-order valence-electron chi connectivity index (χ2n) is 5.75. The molecule has 0 bridgehead atoms. The van der Waals surface area contributed by atoms with E-state index in [0.717, 1.165) is 37.9 Å². The average Bonchev–Trinajstić information content (AvgIpc) is 2.64. The number of aryl methyl sites for hydroxylation is 1. The van der Waals surface area contributed by atoms with Crippen LogP contribution in [-0.4, -0.2) is 50.7 Å². The van der Waals surface area contributed by atoms with Gasteiger partial charge in [-0.2, -0.15) is 0 Å². The number of likely N-dealkylation sites (tertiary alicyclic amines) is 1. The SMILES string of the molecule is COc1cccc(CCC(=O)OCC(=O)N2CCCCC2)c1OC. The van der Waals surface area contributed by atoms with Crippen molar-refractivity contribution in [3.05, 3.63) is 23.8 Å². The average molecular weight is 335 g/mol. The predicted octanol–water partition coefficient (Wildman–Crippen LogP) is 2.19. The zero-order valence-electron chi connectivity index (χ0n) is 14.4. The Morgan fingerprint density at radius 3 is 2.50 bits per heavy atom. The molecule has 6 heteroatoms. The number of hydrogen-bond acceptors (Lipinski definition) is 5. The van der Waals surface area contributed by atoms with E-state index in [1.807, 2.05) is 12.1 Å². The van der Waals surface area contributed by atoms with Gasteiger partial charge in [-0.25, -0.2) is 0 Å². The third-order valence-corrected chi connectivity index (χ3v) is 4.15. The van der Waals surface area contributed by atoms with Crippen LogP contribution in [0.2, 0.25) is 0 Å². The molecule has 0 unspecified atom stereocenters. The van der Waals surface area contributed by atoms with E-state index in [0.29, 0.717) is 17.9 Å². The van der Waals surface area contributed by atoms with Gasteiger partial charge in [0.2, 0.25) is 0 Å². The van der Waals surface area contributed by atoms with Crippen molar-refractivity contribution in [2.45, 2.75) is 32.1 Å². The predicted molar refractivity (Wildman–Crippen MR) is 89.3 cm³/mol. The molecule has 0 saturated carbocycles. The Bertz CT molecular complexity index is 567. The van der Waals surface area contributed by atoms with Crippen LogP contribution >= 0.6 is 0 Å². The van der Waals surface area contributed by atoms with E-state index in [2.05, 4.69) is 0 Å². The van der Waals surface area contributed by atoms with Crippen LogP contribution in [0, 0.1) is 0 Å². The Balaban J connectivity index is 1.80. The molecular formula is C18H25NO5. The van der Waals surface area contributed by atoms with Crippen LogP contribution in [-0.2, 0) is 20.7 Å². The summed E-state index contributed by atoms with van der Waals surface area (Å²) in [5, 5.41) is 0. The lowest BCUT2D eigenvalue weighted by Crippen LogP contribution is -2.38. The molecule has 132 valence electrons. The zero-order chi connectivity index (χ0) is 17.4. The van der Waals surface area contributed by atoms with Crippen LogP contribution < -0.4 is 9.47 Å². The minimum atomic E-state index is -0.384. The van der Waals surface area contributed by atoms with Crippen LogP contribution in [0.3, 0.4) is 0 Å². The van der Waals surface area contributed by atoms with Crippen molar-refractivity contribution in [2.75, 3.05) is 33.9 Å². The maximum absolute atomic E-state index is 12.0. The lowest BCUT2D eigenvalue weighted by Gasteiger charge is -2.26. The largest absolute Gasteiger partial charge is 0.493 e. The highest BCUT2D eigenvalue weighted by molar-refractivity contribution is 5.80. The number of piperidine rings is 1. The number of amides is 1. The quantitative estimate of drug-likeness (QED) is 0.715. The van der Waals surface area contributed by atoms with Gasteiger partial charge in [-0.3, -0.25) is 9.59 Å². The monoisotopic (exact) mass is 335 g/mol. The first kappa shape index (κ1) is 18.1. The first-order chi connectivity index (χ1) is 11.7. The molecule has 1 aromatic rings. The number of nitrogens with zero attached hydrogens (tertiary/aromatic N) is 1. The Hall–Kier alpha value is -2.24. The molecule has 0 aromatic heterocycles. The standard InChI is InChI=1S/C18H25NO5/c1-22-15-8-6-7-14(18(15)23-2)9-10-17(21)24-13-16(20)19-11-4-3-5-12-19/h6-8H,3-5,9-13H2,1-2H3. The summed E-state index contributed by atoms with van der Waals surface area (Å²) in [7, 11) is 3.14. The van der Waals surface area contributed by atoms with Gasteiger partial charge in [-0.15, -0.1) is 0 Å². The highest BCUT2D eigenvalue weighted by Crippen LogP contribution is 2.31. The fraction of sp³-hybridized carbons (Fsp3) is 0.556. The summed E-state index contributed by atoms with van der Waals surface area (Å²) in [4.78, 5) is 25.6. The molecule has 0 aliphatic carbocycles. The molecule has 0 spiro atoms. The van der Waals surface area contributed by atoms with Crippen molar-refractivity contribution in [1.82, 2.24) is 4.90 Å². The van der Waals surface area contributed by atoms with Crippen molar-refractivity contribution in [1.29, 1.82) is 0 Å². The number of benzene rings is 1. The maximum atomic E-state index is 12.0. The minimum absolute atomic E-state index is 0.109. The fourth-order valence-corrected chi connectivity index (χ4v) is 2.84. The third-order valence-electron chi connectivity index (χ3n) is 4.15. The van der Waals surface area contributed by atoms with Gasteiger partial charge < -0.3 is 19.1 Å². The molecule has 1 fully saturated rings. The summed E-state index contributed by atoms with van der Waals surface area (Å²) in [6.45, 7) is 1.35. The number of rotatable bonds is 7. The van der Waals surface area contributed by atoms with E-state index >= 15 is 0 Å². The molecule has 6 nitrogen and oxygen atoms in total. The van der Waals surface area contributed by atoms with Gasteiger partial charge in [0.15, 0.2) is 18.1 Å². The molecule has 24 heavy (non-hydrogen) atoms. The van der Waals surface area contributed by atoms with Gasteiger partial charge >= 0.3 is 5.97 Å². The summed E-state index contributed by atoms with van der Waals surface area (Å²) in [6, 6.07) is 5.54. The summed E-state index contributed by atoms with van der Waals surface area (Å²) < 4.78 is 15.7. The van der Waals surface area contributed by atoms with Crippen molar-refractivity contribution in [3.63, 3.8) is 0 Å².